The van der Waals surface area contributed by atoms with Crippen molar-refractivity contribution < 1.29 is 4.79 Å². The van der Waals surface area contributed by atoms with Crippen molar-refractivity contribution in [1.82, 2.24) is 19.7 Å². The van der Waals surface area contributed by atoms with Crippen molar-refractivity contribution in [2.45, 2.75) is 24.3 Å². The van der Waals surface area contributed by atoms with E-state index in [9.17, 15) is 4.79 Å². The van der Waals surface area contributed by atoms with Gasteiger partial charge in [0.1, 0.15) is 12.0 Å². The average molecular weight is 388 g/mol. The summed E-state index contributed by atoms with van der Waals surface area (Å²) in [6, 6.07) is 9.42. The highest BCUT2D eigenvalue weighted by Gasteiger charge is 2.13. The zero-order valence-electron chi connectivity index (χ0n) is 14.6. The molecule has 0 aliphatic heterocycles. The van der Waals surface area contributed by atoms with E-state index in [1.807, 2.05) is 42.8 Å². The first-order valence-corrected chi connectivity index (χ1v) is 9.24. The Balaban J connectivity index is 1.73. The molecule has 1 N–H and O–H groups in total. The van der Waals surface area contributed by atoms with Gasteiger partial charge in [-0.2, -0.15) is 0 Å². The van der Waals surface area contributed by atoms with Crippen molar-refractivity contribution in [2.75, 3.05) is 5.32 Å². The zero-order valence-corrected chi connectivity index (χ0v) is 16.2. The lowest BCUT2D eigenvalue weighted by atomic mass is 10.1. The van der Waals surface area contributed by atoms with Crippen molar-refractivity contribution >= 4 is 35.0 Å². The molecule has 3 aromatic rings. The van der Waals surface area contributed by atoms with E-state index in [2.05, 4.69) is 27.4 Å². The van der Waals surface area contributed by atoms with Gasteiger partial charge in [0.05, 0.1) is 5.02 Å². The van der Waals surface area contributed by atoms with Crippen LogP contribution in [0.2, 0.25) is 5.02 Å². The third-order valence-electron chi connectivity index (χ3n) is 3.85. The lowest BCUT2D eigenvalue weighted by Gasteiger charge is -2.13. The number of halogens is 1. The Morgan fingerprint density at radius 3 is 2.85 bits per heavy atom. The highest BCUT2D eigenvalue weighted by Crippen LogP contribution is 2.34. The highest BCUT2D eigenvalue weighted by atomic mass is 35.5. The summed E-state index contributed by atoms with van der Waals surface area (Å²) in [7, 11) is 1.91. The first-order chi connectivity index (χ1) is 12.4. The van der Waals surface area contributed by atoms with E-state index < -0.39 is 0 Å². The third kappa shape index (κ3) is 4.23. The van der Waals surface area contributed by atoms with Crippen molar-refractivity contribution in [1.29, 1.82) is 0 Å². The van der Waals surface area contributed by atoms with Crippen molar-refractivity contribution in [2.24, 2.45) is 7.05 Å². The number of benzene rings is 1. The van der Waals surface area contributed by atoms with Crippen molar-refractivity contribution in [3.05, 3.63) is 64.7 Å². The molecule has 0 bridgehead atoms. The van der Waals surface area contributed by atoms with Crippen LogP contribution in [0.15, 0.2) is 48.0 Å². The Bertz CT molecular complexity index is 943. The number of anilines is 1. The molecule has 134 valence electrons. The van der Waals surface area contributed by atoms with Crippen LogP contribution >= 0.6 is 23.4 Å². The Hall–Kier alpha value is -2.38. The van der Waals surface area contributed by atoms with Crippen LogP contribution in [0, 0.1) is 6.92 Å². The van der Waals surface area contributed by atoms with E-state index in [4.69, 9.17) is 11.6 Å². The van der Waals surface area contributed by atoms with Crippen molar-refractivity contribution in [3.8, 4) is 0 Å². The maximum atomic E-state index is 12.4. The standard InChI is InChI=1S/C18H18ClN5OS/c1-11-7-16(20-9-15(11)19)17(25)22-14-6-4-5-13(8-14)12(2)26-18-23-21-10-24(18)3/h4-10,12H,1-3H3,(H,22,25)/t12-/m0/s1. The van der Waals surface area contributed by atoms with Gasteiger partial charge in [-0.05, 0) is 43.2 Å². The molecule has 0 spiro atoms. The summed E-state index contributed by atoms with van der Waals surface area (Å²) in [6.45, 7) is 3.93. The summed E-state index contributed by atoms with van der Waals surface area (Å²) >= 11 is 7.57. The number of nitrogens with one attached hydrogen (secondary N) is 1. The number of pyridine rings is 1. The molecule has 0 aliphatic carbocycles. The van der Waals surface area contributed by atoms with Gasteiger partial charge >= 0.3 is 0 Å². The first kappa shape index (κ1) is 18.4. The predicted molar refractivity (Wildman–Crippen MR) is 104 cm³/mol. The van der Waals surface area contributed by atoms with E-state index in [0.29, 0.717) is 16.4 Å². The second kappa shape index (κ2) is 7.88. The monoisotopic (exact) mass is 387 g/mol. The zero-order chi connectivity index (χ0) is 18.7. The number of aromatic nitrogens is 4. The van der Waals surface area contributed by atoms with E-state index >= 15 is 0 Å². The number of carbonyl (C=O) groups excluding carboxylic acids is 1. The van der Waals surface area contributed by atoms with Gasteiger partial charge < -0.3 is 9.88 Å². The number of hydrogen-bond acceptors (Lipinski definition) is 5. The lowest BCUT2D eigenvalue weighted by molar-refractivity contribution is 0.102. The molecule has 2 heterocycles. The molecule has 3 rings (SSSR count). The molecule has 0 fully saturated rings. The smallest absolute Gasteiger partial charge is 0.274 e. The van der Waals surface area contributed by atoms with E-state index in [-0.39, 0.29) is 11.2 Å². The van der Waals surface area contributed by atoms with Crippen LogP contribution in [-0.4, -0.2) is 25.7 Å². The van der Waals surface area contributed by atoms with Crippen LogP contribution in [0.4, 0.5) is 5.69 Å². The number of nitrogens with zero attached hydrogens (tertiary/aromatic N) is 4. The summed E-state index contributed by atoms with van der Waals surface area (Å²) in [5.41, 5.74) is 2.94. The Kier molecular flexibility index (Phi) is 5.58. The second-order valence-corrected chi connectivity index (χ2v) is 7.60. The van der Waals surface area contributed by atoms with Gasteiger partial charge in [-0.15, -0.1) is 10.2 Å². The van der Waals surface area contributed by atoms with Crippen LogP contribution in [0.5, 0.6) is 0 Å². The third-order valence-corrected chi connectivity index (χ3v) is 5.45. The topological polar surface area (TPSA) is 72.7 Å². The molecule has 0 saturated carbocycles. The van der Waals surface area contributed by atoms with Gasteiger partial charge in [0, 0.05) is 24.2 Å². The molecule has 1 aromatic carbocycles. The summed E-state index contributed by atoms with van der Waals surface area (Å²) < 4.78 is 1.88. The molecular formula is C18H18ClN5OS. The molecule has 8 heteroatoms. The summed E-state index contributed by atoms with van der Waals surface area (Å²) in [6.07, 6.45) is 3.16. The number of amides is 1. The Morgan fingerprint density at radius 2 is 2.15 bits per heavy atom. The Morgan fingerprint density at radius 1 is 1.35 bits per heavy atom. The number of rotatable bonds is 5. The summed E-state index contributed by atoms with van der Waals surface area (Å²) in [5.74, 6) is -0.268. The molecule has 1 amide bonds. The molecule has 0 saturated heterocycles. The van der Waals surface area contributed by atoms with Gasteiger partial charge in [0.2, 0.25) is 0 Å². The molecule has 1 atom stereocenters. The van der Waals surface area contributed by atoms with Gasteiger partial charge in [-0.1, -0.05) is 35.5 Å². The van der Waals surface area contributed by atoms with E-state index in [1.54, 1.807) is 24.2 Å². The Labute approximate surface area is 161 Å². The highest BCUT2D eigenvalue weighted by molar-refractivity contribution is 7.99. The minimum atomic E-state index is -0.268. The molecule has 6 nitrogen and oxygen atoms in total. The number of carbonyl (C=O) groups is 1. The van der Waals surface area contributed by atoms with Crippen molar-refractivity contribution in [3.63, 3.8) is 0 Å². The molecule has 0 unspecified atom stereocenters. The summed E-state index contributed by atoms with van der Waals surface area (Å²) in [4.78, 5) is 16.5. The van der Waals surface area contributed by atoms with Crippen LogP contribution in [0.25, 0.3) is 0 Å². The fourth-order valence-corrected chi connectivity index (χ4v) is 3.34. The fraction of sp³-hybridized carbons (Fsp3) is 0.222. The van der Waals surface area contributed by atoms with Crippen LogP contribution in [-0.2, 0) is 7.05 Å². The first-order valence-electron chi connectivity index (χ1n) is 7.98. The minimum absolute atomic E-state index is 0.158. The largest absolute Gasteiger partial charge is 0.321 e. The van der Waals surface area contributed by atoms with Gasteiger partial charge in [0.25, 0.3) is 5.91 Å². The van der Waals surface area contributed by atoms with Gasteiger partial charge in [0.15, 0.2) is 5.16 Å². The van der Waals surface area contributed by atoms with Gasteiger partial charge in [-0.25, -0.2) is 4.98 Å². The lowest BCUT2D eigenvalue weighted by Crippen LogP contribution is -2.14. The van der Waals surface area contributed by atoms with Crippen LogP contribution in [0.1, 0.15) is 33.8 Å². The fourth-order valence-electron chi connectivity index (χ4n) is 2.33. The molecule has 0 aliphatic rings. The predicted octanol–water partition coefficient (Wildman–Crippen LogP) is 4.28. The summed E-state index contributed by atoms with van der Waals surface area (Å²) in [5, 5.41) is 12.4. The van der Waals surface area contributed by atoms with E-state index in [1.165, 1.54) is 6.20 Å². The maximum absolute atomic E-state index is 12.4. The molecule has 26 heavy (non-hydrogen) atoms. The van der Waals surface area contributed by atoms with Gasteiger partial charge in [-0.3, -0.25) is 4.79 Å². The minimum Gasteiger partial charge on any atom is -0.321 e. The normalized spacial score (nSPS) is 12.0. The maximum Gasteiger partial charge on any atom is 0.274 e. The van der Waals surface area contributed by atoms with Crippen LogP contribution < -0.4 is 5.32 Å². The number of aryl methyl sites for hydroxylation is 2. The number of thioether (sulfide) groups is 1. The number of hydrogen-bond donors (Lipinski definition) is 1. The quantitative estimate of drug-likeness (QED) is 0.661. The molecule has 0 radical (unpaired) electrons. The SMILES string of the molecule is Cc1cc(C(=O)Nc2cccc([C@H](C)Sc3nncn3C)c2)ncc1Cl. The molecule has 2 aromatic heterocycles. The second-order valence-electron chi connectivity index (χ2n) is 5.88. The van der Waals surface area contributed by atoms with E-state index in [0.717, 1.165) is 16.3 Å². The van der Waals surface area contributed by atoms with Crippen LogP contribution in [0.3, 0.4) is 0 Å². The average Bonchev–Trinajstić information content (AvgIpc) is 3.02. The molecular weight excluding hydrogens is 370 g/mol.